The van der Waals surface area contributed by atoms with E-state index < -0.39 is 0 Å². The molecule has 1 N–H and O–H groups in total. The van der Waals surface area contributed by atoms with Gasteiger partial charge in [0.05, 0.1) is 19.3 Å². The van der Waals surface area contributed by atoms with Crippen LogP contribution in [0.25, 0.3) is 0 Å². The molecule has 2 saturated heterocycles. The first-order valence-corrected chi connectivity index (χ1v) is 9.51. The van der Waals surface area contributed by atoms with Crippen molar-refractivity contribution >= 4 is 5.91 Å². The van der Waals surface area contributed by atoms with Crippen LogP contribution in [0.5, 0.6) is 0 Å². The molecule has 0 aliphatic carbocycles. The van der Waals surface area contributed by atoms with Gasteiger partial charge in [0, 0.05) is 30.6 Å². The van der Waals surface area contributed by atoms with Crippen molar-refractivity contribution in [1.82, 2.24) is 4.90 Å². The first-order chi connectivity index (χ1) is 13.3. The van der Waals surface area contributed by atoms with E-state index in [2.05, 4.69) is 0 Å². The molecule has 2 aromatic rings. The fourth-order valence-corrected chi connectivity index (χ4v) is 4.21. The average Bonchev–Trinajstić information content (AvgIpc) is 3.26. The van der Waals surface area contributed by atoms with Crippen LogP contribution in [-0.2, 0) is 20.9 Å². The van der Waals surface area contributed by atoms with Crippen LogP contribution in [0.3, 0.4) is 0 Å². The molecule has 0 bridgehead atoms. The number of rotatable bonds is 7. The summed E-state index contributed by atoms with van der Waals surface area (Å²) >= 11 is 0. The number of amides is 1. The second-order valence-corrected chi connectivity index (χ2v) is 7.19. The van der Waals surface area contributed by atoms with Crippen molar-refractivity contribution in [3.8, 4) is 0 Å². The number of aliphatic hydroxyl groups excluding tert-OH is 1. The topological polar surface area (TPSA) is 59.0 Å². The zero-order chi connectivity index (χ0) is 18.6. The van der Waals surface area contributed by atoms with Gasteiger partial charge >= 0.3 is 0 Å². The van der Waals surface area contributed by atoms with Crippen LogP contribution in [0.1, 0.15) is 23.8 Å². The smallest absolute Gasteiger partial charge is 0.228 e. The lowest BCUT2D eigenvalue weighted by Gasteiger charge is -2.23. The lowest BCUT2D eigenvalue weighted by atomic mass is 9.89. The number of ether oxygens (including phenoxy) is 2. The van der Waals surface area contributed by atoms with Crippen molar-refractivity contribution in [2.75, 3.05) is 19.8 Å². The van der Waals surface area contributed by atoms with Gasteiger partial charge in [0.25, 0.3) is 0 Å². The van der Waals surface area contributed by atoms with E-state index in [4.69, 9.17) is 9.47 Å². The minimum absolute atomic E-state index is 0.0128. The standard InChI is InChI=1S/C22H25NO4/c24-13-19-18(11-12-26-14-16-7-3-1-4-8-16)21(25)23-20(19)15-27-22(23)17-9-5-2-6-10-17/h1-10,18-20,22,24H,11-15H2/t18?,19-,20?,22+/m1/s1. The summed E-state index contributed by atoms with van der Waals surface area (Å²) in [5.41, 5.74) is 2.10. The normalized spacial score (nSPS) is 27.1. The molecule has 0 saturated carbocycles. The van der Waals surface area contributed by atoms with Gasteiger partial charge in [-0.2, -0.15) is 0 Å². The summed E-state index contributed by atoms with van der Waals surface area (Å²) in [5, 5.41) is 9.92. The molecule has 4 rings (SSSR count). The molecule has 2 aromatic carbocycles. The maximum Gasteiger partial charge on any atom is 0.228 e. The van der Waals surface area contributed by atoms with E-state index in [-0.39, 0.29) is 36.6 Å². The van der Waals surface area contributed by atoms with Gasteiger partial charge < -0.3 is 19.5 Å². The van der Waals surface area contributed by atoms with Gasteiger partial charge in [-0.1, -0.05) is 60.7 Å². The molecule has 27 heavy (non-hydrogen) atoms. The highest BCUT2D eigenvalue weighted by atomic mass is 16.5. The number of hydrogen-bond donors (Lipinski definition) is 1. The predicted octanol–water partition coefficient (Wildman–Crippen LogP) is 2.76. The molecule has 5 heteroatoms. The fourth-order valence-electron chi connectivity index (χ4n) is 4.21. The highest BCUT2D eigenvalue weighted by Crippen LogP contribution is 2.43. The van der Waals surface area contributed by atoms with Crippen molar-refractivity contribution in [3.63, 3.8) is 0 Å². The minimum Gasteiger partial charge on any atom is -0.396 e. The molecular weight excluding hydrogens is 342 g/mol. The van der Waals surface area contributed by atoms with Crippen molar-refractivity contribution in [2.24, 2.45) is 11.8 Å². The van der Waals surface area contributed by atoms with E-state index in [0.717, 1.165) is 11.1 Å². The third-order valence-electron chi connectivity index (χ3n) is 5.60. The highest BCUT2D eigenvalue weighted by molar-refractivity contribution is 5.83. The van der Waals surface area contributed by atoms with Gasteiger partial charge in [-0.3, -0.25) is 4.79 Å². The van der Waals surface area contributed by atoms with Crippen molar-refractivity contribution < 1.29 is 19.4 Å². The number of benzene rings is 2. The Hall–Kier alpha value is -2.21. The van der Waals surface area contributed by atoms with Gasteiger partial charge in [-0.25, -0.2) is 0 Å². The number of carbonyl (C=O) groups is 1. The summed E-state index contributed by atoms with van der Waals surface area (Å²) in [4.78, 5) is 14.9. The van der Waals surface area contributed by atoms with E-state index in [1.807, 2.05) is 65.6 Å². The van der Waals surface area contributed by atoms with E-state index >= 15 is 0 Å². The average molecular weight is 367 g/mol. The maximum absolute atomic E-state index is 13.1. The largest absolute Gasteiger partial charge is 0.396 e. The molecule has 2 fully saturated rings. The Morgan fingerprint density at radius 3 is 2.48 bits per heavy atom. The third-order valence-corrected chi connectivity index (χ3v) is 5.60. The van der Waals surface area contributed by atoms with Gasteiger partial charge in [-0.15, -0.1) is 0 Å². The van der Waals surface area contributed by atoms with E-state index in [9.17, 15) is 9.90 Å². The van der Waals surface area contributed by atoms with Crippen molar-refractivity contribution in [1.29, 1.82) is 0 Å². The van der Waals surface area contributed by atoms with Gasteiger partial charge in [-0.05, 0) is 12.0 Å². The van der Waals surface area contributed by atoms with Crippen LogP contribution < -0.4 is 0 Å². The van der Waals surface area contributed by atoms with Crippen LogP contribution >= 0.6 is 0 Å². The molecule has 0 spiro atoms. The van der Waals surface area contributed by atoms with Crippen LogP contribution in [0.4, 0.5) is 0 Å². The Morgan fingerprint density at radius 2 is 1.78 bits per heavy atom. The summed E-state index contributed by atoms with van der Waals surface area (Å²) in [6, 6.07) is 19.7. The summed E-state index contributed by atoms with van der Waals surface area (Å²) in [6.45, 7) is 1.49. The Bertz CT molecular complexity index is 751. The lowest BCUT2D eigenvalue weighted by molar-refractivity contribution is -0.138. The van der Waals surface area contributed by atoms with Gasteiger partial charge in [0.2, 0.25) is 5.91 Å². The molecule has 2 aliphatic rings. The maximum atomic E-state index is 13.1. The Labute approximate surface area is 159 Å². The first-order valence-electron chi connectivity index (χ1n) is 9.51. The Kier molecular flexibility index (Phi) is 5.53. The van der Waals surface area contributed by atoms with Gasteiger partial charge in [0.1, 0.15) is 0 Å². The zero-order valence-electron chi connectivity index (χ0n) is 15.2. The van der Waals surface area contributed by atoms with E-state index in [1.54, 1.807) is 0 Å². The van der Waals surface area contributed by atoms with Crippen molar-refractivity contribution in [3.05, 3.63) is 71.8 Å². The van der Waals surface area contributed by atoms with Crippen LogP contribution in [0, 0.1) is 11.8 Å². The van der Waals surface area contributed by atoms with Crippen molar-refractivity contribution in [2.45, 2.75) is 25.3 Å². The number of fused-ring (bicyclic) bond motifs is 1. The number of carbonyl (C=O) groups excluding carboxylic acids is 1. The summed E-state index contributed by atoms with van der Waals surface area (Å²) in [6.07, 6.45) is 0.263. The SMILES string of the molecule is O=C1C(CCOCc2ccccc2)[C@@H](CO)C2CO[C@@H](c3ccccc3)N12. The molecular formula is C22H25NO4. The molecule has 2 heterocycles. The summed E-state index contributed by atoms with van der Waals surface area (Å²) in [7, 11) is 0. The van der Waals surface area contributed by atoms with Crippen LogP contribution in [0.15, 0.2) is 60.7 Å². The van der Waals surface area contributed by atoms with E-state index in [1.165, 1.54) is 0 Å². The monoisotopic (exact) mass is 367 g/mol. The Balaban J connectivity index is 1.39. The quantitative estimate of drug-likeness (QED) is 0.765. The van der Waals surface area contributed by atoms with Crippen LogP contribution in [-0.4, -0.2) is 41.8 Å². The zero-order valence-corrected chi connectivity index (χ0v) is 15.2. The second-order valence-electron chi connectivity index (χ2n) is 7.19. The Morgan fingerprint density at radius 1 is 1.07 bits per heavy atom. The highest BCUT2D eigenvalue weighted by Gasteiger charge is 2.53. The van der Waals surface area contributed by atoms with E-state index in [0.29, 0.717) is 26.2 Å². The lowest BCUT2D eigenvalue weighted by Crippen LogP contribution is -2.33. The van der Waals surface area contributed by atoms with Crippen LogP contribution in [0.2, 0.25) is 0 Å². The minimum atomic E-state index is -0.354. The fraction of sp³-hybridized carbons (Fsp3) is 0.409. The number of hydrogen-bond acceptors (Lipinski definition) is 4. The summed E-state index contributed by atoms with van der Waals surface area (Å²) in [5.74, 6) is -0.258. The molecule has 0 radical (unpaired) electrons. The summed E-state index contributed by atoms with van der Waals surface area (Å²) < 4.78 is 11.7. The predicted molar refractivity (Wildman–Crippen MR) is 101 cm³/mol. The third kappa shape index (κ3) is 3.63. The number of nitrogens with zero attached hydrogens (tertiary/aromatic N) is 1. The molecule has 2 unspecified atom stereocenters. The molecule has 5 nitrogen and oxygen atoms in total. The molecule has 2 aliphatic heterocycles. The first kappa shape index (κ1) is 18.2. The van der Waals surface area contributed by atoms with Gasteiger partial charge in [0.15, 0.2) is 6.23 Å². The second kappa shape index (κ2) is 8.21. The molecule has 0 aromatic heterocycles. The number of aliphatic hydroxyl groups is 1. The molecule has 4 atom stereocenters. The molecule has 1 amide bonds. The molecule has 142 valence electrons.